The highest BCUT2D eigenvalue weighted by atomic mass is 32.1. The largest absolute Gasteiger partial charge is 0.455 e. The summed E-state index contributed by atoms with van der Waals surface area (Å²) < 4.78 is 11.6. The fourth-order valence-electron chi connectivity index (χ4n) is 6.03. The van der Waals surface area contributed by atoms with Crippen LogP contribution in [-0.2, 0) is 0 Å². The van der Waals surface area contributed by atoms with Gasteiger partial charge in [-0.3, -0.25) is 0 Å². The van der Waals surface area contributed by atoms with Gasteiger partial charge < -0.3 is 8.82 Å². The van der Waals surface area contributed by atoms with Crippen LogP contribution in [0.1, 0.15) is 0 Å². The van der Waals surface area contributed by atoms with Crippen LogP contribution in [0, 0.1) is 0 Å². The number of thiophene rings is 1. The van der Waals surface area contributed by atoms with Crippen LogP contribution in [0.15, 0.2) is 108 Å². The molecule has 0 spiro atoms. The van der Waals surface area contributed by atoms with Gasteiger partial charge in [-0.05, 0) is 35.7 Å². The van der Waals surface area contributed by atoms with E-state index in [1.165, 1.54) is 68.9 Å². The molecule has 0 radical (unpaired) electrons. The molecule has 35 heavy (non-hydrogen) atoms. The molecule has 0 N–H and O–H groups in total. The fraction of sp³-hybridized carbons (Fsp3) is 0. The van der Waals surface area contributed by atoms with E-state index in [4.69, 9.17) is 4.42 Å². The Labute approximate surface area is 203 Å². The van der Waals surface area contributed by atoms with Crippen molar-refractivity contribution in [1.82, 2.24) is 4.40 Å². The first-order chi connectivity index (χ1) is 17.3. The second kappa shape index (κ2) is 6.21. The van der Waals surface area contributed by atoms with Crippen molar-refractivity contribution < 1.29 is 4.42 Å². The Balaban J connectivity index is 1.62. The first kappa shape index (κ1) is 18.0. The summed E-state index contributed by atoms with van der Waals surface area (Å²) in [5.74, 6) is 0. The van der Waals surface area contributed by atoms with Crippen molar-refractivity contribution in [2.45, 2.75) is 0 Å². The van der Waals surface area contributed by atoms with Gasteiger partial charge in [0.15, 0.2) is 0 Å². The van der Waals surface area contributed by atoms with Gasteiger partial charge in [0.05, 0.1) is 16.4 Å². The van der Waals surface area contributed by atoms with Crippen LogP contribution in [0.2, 0.25) is 0 Å². The van der Waals surface area contributed by atoms with Gasteiger partial charge in [0, 0.05) is 53.3 Å². The smallest absolute Gasteiger partial charge is 0.145 e. The second-order valence-electron chi connectivity index (χ2n) is 9.36. The minimum Gasteiger partial charge on any atom is -0.455 e. The van der Waals surface area contributed by atoms with E-state index in [0.717, 1.165) is 11.2 Å². The van der Waals surface area contributed by atoms with E-state index in [0.29, 0.717) is 0 Å². The van der Waals surface area contributed by atoms with Gasteiger partial charge in [0.1, 0.15) is 11.2 Å². The molecular formula is C32H17NOS. The summed E-state index contributed by atoms with van der Waals surface area (Å²) in [7, 11) is 0. The number of pyridine rings is 1. The van der Waals surface area contributed by atoms with Crippen LogP contribution in [0.25, 0.3) is 80.1 Å². The maximum Gasteiger partial charge on any atom is 0.145 e. The SMILES string of the molecule is c1ccc2c(c1)cn1c3cc4c(cc3c3ccc5c6ccccc6oc5c3c21)sc1ccccc14. The molecule has 162 valence electrons. The summed E-state index contributed by atoms with van der Waals surface area (Å²) in [5.41, 5.74) is 4.35. The van der Waals surface area contributed by atoms with E-state index in [1.54, 1.807) is 0 Å². The highest BCUT2D eigenvalue weighted by Gasteiger charge is 2.19. The Kier molecular flexibility index (Phi) is 3.20. The Hall–Kier alpha value is -4.34. The molecule has 0 atom stereocenters. The fourth-order valence-corrected chi connectivity index (χ4v) is 7.15. The zero-order valence-corrected chi connectivity index (χ0v) is 19.4. The Morgan fingerprint density at radius 1 is 0.571 bits per heavy atom. The molecule has 0 saturated carbocycles. The van der Waals surface area contributed by atoms with Crippen LogP contribution < -0.4 is 0 Å². The summed E-state index contributed by atoms with van der Waals surface area (Å²) in [4.78, 5) is 0. The molecule has 4 aromatic heterocycles. The molecule has 0 saturated heterocycles. The molecule has 3 heteroatoms. The van der Waals surface area contributed by atoms with E-state index in [9.17, 15) is 0 Å². The van der Waals surface area contributed by atoms with Crippen molar-refractivity contribution in [2.24, 2.45) is 0 Å². The second-order valence-corrected chi connectivity index (χ2v) is 10.4. The van der Waals surface area contributed by atoms with E-state index in [2.05, 4.69) is 102 Å². The number of hydrogen-bond donors (Lipinski definition) is 0. The summed E-state index contributed by atoms with van der Waals surface area (Å²) in [6, 6.07) is 35.1. The lowest BCUT2D eigenvalue weighted by Crippen LogP contribution is -1.90. The summed E-state index contributed by atoms with van der Waals surface area (Å²) in [6.07, 6.45) is 2.29. The third-order valence-corrected chi connectivity index (χ3v) is 8.69. The van der Waals surface area contributed by atoms with Crippen molar-refractivity contribution in [3.05, 3.63) is 103 Å². The summed E-state index contributed by atoms with van der Waals surface area (Å²) >= 11 is 1.87. The number of furan rings is 1. The lowest BCUT2D eigenvalue weighted by molar-refractivity contribution is 0.673. The number of nitrogens with zero attached hydrogens (tertiary/aromatic N) is 1. The van der Waals surface area contributed by atoms with Crippen LogP contribution in [0.3, 0.4) is 0 Å². The van der Waals surface area contributed by atoms with Gasteiger partial charge in [0.2, 0.25) is 0 Å². The first-order valence-corrected chi connectivity index (χ1v) is 12.7. The molecule has 0 aliphatic heterocycles. The lowest BCUT2D eigenvalue weighted by Gasteiger charge is -2.11. The van der Waals surface area contributed by atoms with Crippen molar-refractivity contribution in [3.8, 4) is 0 Å². The van der Waals surface area contributed by atoms with Crippen LogP contribution in [0.4, 0.5) is 0 Å². The first-order valence-electron chi connectivity index (χ1n) is 11.9. The molecule has 0 unspecified atom stereocenters. The van der Waals surface area contributed by atoms with Crippen molar-refractivity contribution in [1.29, 1.82) is 0 Å². The lowest BCUT2D eigenvalue weighted by atomic mass is 9.99. The van der Waals surface area contributed by atoms with E-state index in [1.807, 2.05) is 17.4 Å². The molecule has 0 bridgehead atoms. The summed E-state index contributed by atoms with van der Waals surface area (Å²) in [5, 5.41) is 11.2. The predicted molar refractivity (Wildman–Crippen MR) is 150 cm³/mol. The highest BCUT2D eigenvalue weighted by Crippen LogP contribution is 2.44. The zero-order chi connectivity index (χ0) is 22.7. The average molecular weight is 464 g/mol. The van der Waals surface area contributed by atoms with Crippen molar-refractivity contribution in [3.63, 3.8) is 0 Å². The quantitative estimate of drug-likeness (QED) is 0.205. The van der Waals surface area contributed by atoms with Crippen molar-refractivity contribution in [2.75, 3.05) is 0 Å². The average Bonchev–Trinajstić information content (AvgIpc) is 3.58. The monoisotopic (exact) mass is 463 g/mol. The number of fused-ring (bicyclic) bond motifs is 15. The van der Waals surface area contributed by atoms with Crippen molar-refractivity contribution >= 4 is 91.4 Å². The van der Waals surface area contributed by atoms with E-state index in [-0.39, 0.29) is 0 Å². The number of rotatable bonds is 0. The number of para-hydroxylation sites is 1. The topological polar surface area (TPSA) is 17.6 Å². The molecule has 9 rings (SSSR count). The molecule has 0 aliphatic carbocycles. The normalized spacial score (nSPS) is 12.6. The van der Waals surface area contributed by atoms with Gasteiger partial charge in [-0.15, -0.1) is 11.3 Å². The molecule has 0 amide bonds. The number of hydrogen-bond acceptors (Lipinski definition) is 2. The minimum atomic E-state index is 0.934. The maximum atomic E-state index is 6.57. The van der Waals surface area contributed by atoms with Crippen LogP contribution in [0.5, 0.6) is 0 Å². The molecule has 9 aromatic rings. The predicted octanol–water partition coefficient (Wildman–Crippen LogP) is 9.67. The molecule has 2 nitrogen and oxygen atoms in total. The molecule has 5 aromatic carbocycles. The summed E-state index contributed by atoms with van der Waals surface area (Å²) in [6.45, 7) is 0. The number of benzene rings is 5. The van der Waals surface area contributed by atoms with Gasteiger partial charge in [-0.25, -0.2) is 0 Å². The third kappa shape index (κ3) is 2.20. The molecule has 0 fully saturated rings. The molecular weight excluding hydrogens is 446 g/mol. The zero-order valence-electron chi connectivity index (χ0n) is 18.6. The Morgan fingerprint density at radius 2 is 1.34 bits per heavy atom. The highest BCUT2D eigenvalue weighted by molar-refractivity contribution is 7.25. The van der Waals surface area contributed by atoms with Gasteiger partial charge in [-0.1, -0.05) is 66.7 Å². The van der Waals surface area contributed by atoms with Crippen LogP contribution >= 0.6 is 11.3 Å². The van der Waals surface area contributed by atoms with E-state index < -0.39 is 0 Å². The third-order valence-electron chi connectivity index (χ3n) is 7.55. The number of aromatic nitrogens is 1. The standard InChI is InChI=1S/C32H17NOS/c1-2-8-19-18(7-1)17-33-26-15-25-21-10-4-6-12-28(21)35-29(25)16-24(26)22-13-14-23-20-9-3-5-11-27(20)34-32(23)30(22)31(19)33/h1-17H. The molecule has 0 aliphatic rings. The Morgan fingerprint density at radius 3 is 2.29 bits per heavy atom. The molecule has 4 heterocycles. The van der Waals surface area contributed by atoms with Crippen LogP contribution in [-0.4, -0.2) is 4.40 Å². The minimum absolute atomic E-state index is 0.934. The van der Waals surface area contributed by atoms with Gasteiger partial charge in [0.25, 0.3) is 0 Å². The maximum absolute atomic E-state index is 6.57. The van der Waals surface area contributed by atoms with E-state index >= 15 is 0 Å². The van der Waals surface area contributed by atoms with Gasteiger partial charge >= 0.3 is 0 Å². The Bertz CT molecular complexity index is 2330. The van der Waals surface area contributed by atoms with Gasteiger partial charge in [-0.2, -0.15) is 0 Å².